The molecule has 1 aromatic carbocycles. The molecule has 27 heavy (non-hydrogen) atoms. The highest BCUT2D eigenvalue weighted by atomic mass is 16.6. The molecular weight excluding hydrogens is 344 g/mol. The fourth-order valence-electron chi connectivity index (χ4n) is 3.57. The number of nitrogens with zero attached hydrogens (tertiary/aromatic N) is 3. The molecule has 3 heterocycles. The van der Waals surface area contributed by atoms with Gasteiger partial charge in [0.1, 0.15) is 6.10 Å². The number of ether oxygens (including phenoxy) is 1. The summed E-state index contributed by atoms with van der Waals surface area (Å²) in [6.45, 7) is 3.01. The summed E-state index contributed by atoms with van der Waals surface area (Å²) < 4.78 is 5.84. The highest BCUT2D eigenvalue weighted by molar-refractivity contribution is 6.16. The lowest BCUT2D eigenvalue weighted by atomic mass is 10.0. The molecule has 0 unspecified atom stereocenters. The van der Waals surface area contributed by atoms with Gasteiger partial charge in [0, 0.05) is 18.8 Å². The van der Waals surface area contributed by atoms with Crippen LogP contribution in [0.5, 0.6) is 0 Å². The normalized spacial score (nSPS) is 22.3. The molecule has 1 fully saturated rings. The zero-order chi connectivity index (χ0) is 19.0. The van der Waals surface area contributed by atoms with Crippen LogP contribution >= 0.6 is 0 Å². The molecule has 0 aliphatic carbocycles. The van der Waals surface area contributed by atoms with Crippen molar-refractivity contribution in [3.63, 3.8) is 0 Å². The highest BCUT2D eigenvalue weighted by Gasteiger charge is 2.34. The quantitative estimate of drug-likeness (QED) is 0.837. The summed E-state index contributed by atoms with van der Waals surface area (Å²) in [6, 6.07) is 10.8. The van der Waals surface area contributed by atoms with E-state index in [9.17, 15) is 9.59 Å². The van der Waals surface area contributed by atoms with Crippen LogP contribution in [0.4, 0.5) is 22.0 Å². The zero-order valence-electron chi connectivity index (χ0n) is 15.4. The number of fused-ring (bicyclic) bond motifs is 2. The van der Waals surface area contributed by atoms with Gasteiger partial charge in [0.25, 0.3) is 5.91 Å². The summed E-state index contributed by atoms with van der Waals surface area (Å²) in [5.74, 6) is 0.0878. The van der Waals surface area contributed by atoms with Crippen molar-refractivity contribution in [2.45, 2.75) is 31.9 Å². The Morgan fingerprint density at radius 3 is 2.89 bits per heavy atom. The van der Waals surface area contributed by atoms with Gasteiger partial charge in [-0.25, -0.2) is 14.7 Å². The Labute approximate surface area is 157 Å². The Morgan fingerprint density at radius 2 is 2.07 bits per heavy atom. The lowest BCUT2D eigenvalue weighted by molar-refractivity contribution is 0.0416. The molecule has 1 aromatic heterocycles. The molecule has 2 aromatic rings. The Balaban J connectivity index is 1.70. The van der Waals surface area contributed by atoms with Crippen LogP contribution in [0.25, 0.3) is 0 Å². The maximum atomic E-state index is 13.2. The van der Waals surface area contributed by atoms with E-state index in [1.54, 1.807) is 42.6 Å². The van der Waals surface area contributed by atoms with Crippen LogP contribution in [-0.4, -0.2) is 47.6 Å². The number of nitrogens with one attached hydrogen (secondary N) is 1. The van der Waals surface area contributed by atoms with Gasteiger partial charge in [-0.3, -0.25) is 4.79 Å². The molecule has 2 aliphatic heterocycles. The second kappa shape index (κ2) is 7.00. The van der Waals surface area contributed by atoms with Crippen molar-refractivity contribution in [1.82, 2.24) is 9.88 Å². The molecule has 1 saturated heterocycles. The molecule has 7 nitrogen and oxygen atoms in total. The minimum absolute atomic E-state index is 0.157. The zero-order valence-corrected chi connectivity index (χ0v) is 15.4. The van der Waals surface area contributed by atoms with Crippen LogP contribution in [0, 0.1) is 0 Å². The molecule has 1 N–H and O–H groups in total. The van der Waals surface area contributed by atoms with Crippen LogP contribution < -0.4 is 10.2 Å². The molecule has 2 amide bonds. The van der Waals surface area contributed by atoms with Crippen molar-refractivity contribution in [3.8, 4) is 0 Å². The van der Waals surface area contributed by atoms with Crippen molar-refractivity contribution in [2.75, 3.05) is 23.8 Å². The van der Waals surface area contributed by atoms with E-state index in [-0.39, 0.29) is 12.0 Å². The number of carbonyl (C=O) groups is 2. The first-order chi connectivity index (χ1) is 13.0. The standard InChI is InChI=1S/C20H22N4O3/c1-13-12-14(9-11-23(13)2)27-20(26)24-17-8-4-3-6-15(17)19(25)22-16-7-5-10-21-18(16)24/h3-8,10,13-14H,9,11-12H2,1-2H3,(H,22,25)/t13-,14-/m1/s1. The summed E-state index contributed by atoms with van der Waals surface area (Å²) >= 11 is 0. The summed E-state index contributed by atoms with van der Waals surface area (Å²) in [7, 11) is 2.07. The second-order valence-corrected chi connectivity index (χ2v) is 7.04. The molecule has 0 radical (unpaired) electrons. The minimum Gasteiger partial charge on any atom is -0.445 e. The molecule has 2 atom stereocenters. The van der Waals surface area contributed by atoms with Crippen molar-refractivity contribution in [3.05, 3.63) is 48.2 Å². The first-order valence-electron chi connectivity index (χ1n) is 9.11. The number of carbonyl (C=O) groups excluding carboxylic acids is 2. The lowest BCUT2D eigenvalue weighted by Crippen LogP contribution is -2.43. The smallest absolute Gasteiger partial charge is 0.420 e. The monoisotopic (exact) mass is 366 g/mol. The van der Waals surface area contributed by atoms with Gasteiger partial charge >= 0.3 is 6.09 Å². The van der Waals surface area contributed by atoms with Crippen LogP contribution in [0.15, 0.2) is 42.6 Å². The van der Waals surface area contributed by atoms with E-state index in [2.05, 4.69) is 29.2 Å². The van der Waals surface area contributed by atoms with E-state index >= 15 is 0 Å². The number of para-hydroxylation sites is 1. The minimum atomic E-state index is -0.513. The van der Waals surface area contributed by atoms with E-state index in [0.29, 0.717) is 28.8 Å². The number of rotatable bonds is 1. The SMILES string of the molecule is C[C@@H]1C[C@H](OC(=O)N2c3ccccc3C(=O)Nc3cccnc32)CCN1C. The molecule has 0 saturated carbocycles. The first kappa shape index (κ1) is 17.5. The number of amides is 2. The number of pyridine rings is 1. The van der Waals surface area contributed by atoms with E-state index in [1.165, 1.54) is 4.90 Å². The summed E-state index contributed by atoms with van der Waals surface area (Å²) in [6.07, 6.45) is 2.49. The van der Waals surface area contributed by atoms with Crippen LogP contribution in [0.2, 0.25) is 0 Å². The Kier molecular flexibility index (Phi) is 4.53. The number of benzene rings is 1. The van der Waals surface area contributed by atoms with Gasteiger partial charge in [-0.2, -0.15) is 0 Å². The predicted molar refractivity (Wildman–Crippen MR) is 102 cm³/mol. The summed E-state index contributed by atoms with van der Waals surface area (Å²) in [4.78, 5) is 33.7. The van der Waals surface area contributed by atoms with Gasteiger partial charge in [-0.1, -0.05) is 12.1 Å². The molecule has 4 rings (SSSR count). The van der Waals surface area contributed by atoms with Crippen molar-refractivity contribution >= 4 is 29.2 Å². The third-order valence-corrected chi connectivity index (χ3v) is 5.25. The molecular formula is C20H22N4O3. The van der Waals surface area contributed by atoms with Crippen molar-refractivity contribution < 1.29 is 14.3 Å². The van der Waals surface area contributed by atoms with E-state index in [4.69, 9.17) is 4.74 Å². The van der Waals surface area contributed by atoms with Gasteiger partial charge in [0.15, 0.2) is 5.82 Å². The number of likely N-dealkylation sites (tertiary alicyclic amines) is 1. The average Bonchev–Trinajstić information content (AvgIpc) is 2.79. The Morgan fingerprint density at radius 1 is 1.26 bits per heavy atom. The molecule has 7 heteroatoms. The first-order valence-corrected chi connectivity index (χ1v) is 9.11. The topological polar surface area (TPSA) is 74.8 Å². The maximum Gasteiger partial charge on any atom is 0.420 e. The number of anilines is 3. The number of hydrogen-bond acceptors (Lipinski definition) is 5. The molecule has 140 valence electrons. The summed E-state index contributed by atoms with van der Waals surface area (Å²) in [5.41, 5.74) is 1.36. The Bertz CT molecular complexity index is 885. The number of piperidine rings is 1. The van der Waals surface area contributed by atoms with Gasteiger partial charge in [0.2, 0.25) is 0 Å². The molecule has 2 aliphatic rings. The van der Waals surface area contributed by atoms with Gasteiger partial charge < -0.3 is 15.0 Å². The van der Waals surface area contributed by atoms with Gasteiger partial charge in [-0.15, -0.1) is 0 Å². The van der Waals surface area contributed by atoms with E-state index in [0.717, 1.165) is 19.4 Å². The fraction of sp³-hybridized carbons (Fsp3) is 0.350. The van der Waals surface area contributed by atoms with Crippen molar-refractivity contribution in [2.24, 2.45) is 0 Å². The highest BCUT2D eigenvalue weighted by Crippen LogP contribution is 2.37. The summed E-state index contributed by atoms with van der Waals surface area (Å²) in [5, 5.41) is 2.82. The van der Waals surface area contributed by atoms with E-state index in [1.807, 2.05) is 0 Å². The third-order valence-electron chi connectivity index (χ3n) is 5.25. The van der Waals surface area contributed by atoms with Crippen LogP contribution in [-0.2, 0) is 4.74 Å². The lowest BCUT2D eigenvalue weighted by Gasteiger charge is -2.35. The third kappa shape index (κ3) is 3.26. The fourth-order valence-corrected chi connectivity index (χ4v) is 3.57. The predicted octanol–water partition coefficient (Wildman–Crippen LogP) is 3.40. The Hall–Kier alpha value is -2.93. The van der Waals surface area contributed by atoms with E-state index < -0.39 is 6.09 Å². The largest absolute Gasteiger partial charge is 0.445 e. The second-order valence-electron chi connectivity index (χ2n) is 7.04. The average molecular weight is 366 g/mol. The van der Waals surface area contributed by atoms with Gasteiger partial charge in [0.05, 0.1) is 16.9 Å². The van der Waals surface area contributed by atoms with Gasteiger partial charge in [-0.05, 0) is 51.1 Å². The number of hydrogen-bond donors (Lipinski definition) is 1. The maximum absolute atomic E-state index is 13.2. The molecule has 0 spiro atoms. The van der Waals surface area contributed by atoms with Crippen LogP contribution in [0.1, 0.15) is 30.1 Å². The molecule has 0 bridgehead atoms. The van der Waals surface area contributed by atoms with Crippen molar-refractivity contribution in [1.29, 1.82) is 0 Å². The van der Waals surface area contributed by atoms with Crippen LogP contribution in [0.3, 0.4) is 0 Å². The number of aromatic nitrogens is 1.